The summed E-state index contributed by atoms with van der Waals surface area (Å²) in [5.74, 6) is 0.190. The minimum Gasteiger partial charge on any atom is -0.207 e. The molecule has 1 rings (SSSR count). The van der Waals surface area contributed by atoms with Crippen molar-refractivity contribution in [3.8, 4) is 6.07 Å². The molecule has 0 aliphatic carbocycles. The van der Waals surface area contributed by atoms with Crippen LogP contribution in [0.1, 0.15) is 11.1 Å². The summed E-state index contributed by atoms with van der Waals surface area (Å²) in [5, 5.41) is 8.79. The van der Waals surface area contributed by atoms with Crippen LogP contribution in [0, 0.1) is 11.3 Å². The van der Waals surface area contributed by atoms with Crippen molar-refractivity contribution >= 4 is 47.3 Å². The first-order valence-corrected chi connectivity index (χ1v) is 7.27. The van der Waals surface area contributed by atoms with Crippen LogP contribution in [0.15, 0.2) is 21.5 Å². The van der Waals surface area contributed by atoms with E-state index in [9.17, 15) is 8.42 Å². The summed E-state index contributed by atoms with van der Waals surface area (Å²) in [7, 11) is 1.26. The molecule has 0 aliphatic heterocycles. The molecule has 15 heavy (non-hydrogen) atoms. The Morgan fingerprint density at radius 1 is 1.47 bits per heavy atom. The third-order valence-corrected chi connectivity index (χ3v) is 4.21. The molecule has 0 heterocycles. The molecule has 0 radical (unpaired) electrons. The molecule has 3 nitrogen and oxygen atoms in total. The summed E-state index contributed by atoms with van der Waals surface area (Å²) in [6.45, 7) is 0. The highest BCUT2D eigenvalue weighted by atomic mass is 79.9. The van der Waals surface area contributed by atoms with Gasteiger partial charge in [-0.1, -0.05) is 0 Å². The highest BCUT2D eigenvalue weighted by Crippen LogP contribution is 2.30. The Labute approximate surface area is 105 Å². The molecule has 0 amide bonds. The van der Waals surface area contributed by atoms with E-state index < -0.39 is 9.05 Å². The fourth-order valence-electron chi connectivity index (χ4n) is 1.06. The molecule has 7 heteroatoms. The lowest BCUT2D eigenvalue weighted by molar-refractivity contribution is 0.609. The number of nitriles is 1. The number of hydrogen-bond acceptors (Lipinski definition) is 3. The fraction of sp³-hybridized carbons (Fsp3) is 0.125. The maximum atomic E-state index is 11.2. The van der Waals surface area contributed by atoms with E-state index in [1.807, 2.05) is 0 Å². The van der Waals surface area contributed by atoms with Crippen LogP contribution >= 0.6 is 38.2 Å². The van der Waals surface area contributed by atoms with Crippen molar-refractivity contribution in [3.63, 3.8) is 0 Å². The van der Waals surface area contributed by atoms with Gasteiger partial charge in [0.2, 0.25) is 0 Å². The van der Waals surface area contributed by atoms with Gasteiger partial charge in [-0.05, 0) is 33.6 Å². The summed E-state index contributed by atoms with van der Waals surface area (Å²) in [5.41, 5.74) is 0.624. The first-order valence-electron chi connectivity index (χ1n) is 3.63. The Hall–Kier alpha value is -0.280. The van der Waals surface area contributed by atoms with E-state index in [0.717, 1.165) is 0 Å². The van der Waals surface area contributed by atoms with Crippen molar-refractivity contribution in [1.82, 2.24) is 0 Å². The topological polar surface area (TPSA) is 57.9 Å². The van der Waals surface area contributed by atoms with E-state index in [1.54, 1.807) is 6.07 Å². The van der Waals surface area contributed by atoms with Gasteiger partial charge in [0.25, 0.3) is 9.05 Å². The van der Waals surface area contributed by atoms with Gasteiger partial charge in [-0.3, -0.25) is 0 Å². The summed E-state index contributed by atoms with van der Waals surface area (Å²) >= 11 is 8.62. The average Bonchev–Trinajstić information content (AvgIpc) is 2.14. The largest absolute Gasteiger partial charge is 0.263 e. The van der Waals surface area contributed by atoms with Crippen molar-refractivity contribution in [2.45, 2.75) is 10.8 Å². The van der Waals surface area contributed by atoms with Crippen molar-refractivity contribution in [1.29, 1.82) is 5.26 Å². The SMILES string of the molecule is N#Cc1cc(CCl)cc(Br)c1S(=O)(=O)Cl. The number of halogens is 3. The number of rotatable bonds is 2. The summed E-state index contributed by atoms with van der Waals surface area (Å²) in [6, 6.07) is 4.68. The zero-order chi connectivity index (χ0) is 11.6. The minimum atomic E-state index is -3.94. The molecule has 0 atom stereocenters. The van der Waals surface area contributed by atoms with Crippen LogP contribution in [0.3, 0.4) is 0 Å². The van der Waals surface area contributed by atoms with E-state index in [4.69, 9.17) is 27.5 Å². The third kappa shape index (κ3) is 2.85. The first-order chi connectivity index (χ1) is 6.90. The predicted molar refractivity (Wildman–Crippen MR) is 61.5 cm³/mol. The van der Waals surface area contributed by atoms with E-state index in [1.165, 1.54) is 12.1 Å². The van der Waals surface area contributed by atoms with Gasteiger partial charge >= 0.3 is 0 Å². The second kappa shape index (κ2) is 4.71. The molecule has 0 saturated heterocycles. The zero-order valence-corrected chi connectivity index (χ0v) is 11.1. The average molecular weight is 329 g/mol. The second-order valence-corrected chi connectivity index (χ2v) is 6.26. The molecule has 0 N–H and O–H groups in total. The number of nitrogens with zero attached hydrogens (tertiary/aromatic N) is 1. The monoisotopic (exact) mass is 327 g/mol. The molecular formula is C8H4BrCl2NO2S. The maximum Gasteiger partial charge on any atom is 0.263 e. The van der Waals surface area contributed by atoms with Crippen LogP contribution in [0.5, 0.6) is 0 Å². The van der Waals surface area contributed by atoms with Gasteiger partial charge < -0.3 is 0 Å². The van der Waals surface area contributed by atoms with Crippen LogP contribution in [-0.4, -0.2) is 8.42 Å². The minimum absolute atomic E-state index is 0.0185. The fourth-order valence-corrected chi connectivity index (χ4v) is 3.80. The molecule has 1 aromatic rings. The van der Waals surface area contributed by atoms with Crippen LogP contribution in [0.4, 0.5) is 0 Å². The maximum absolute atomic E-state index is 11.2. The molecule has 0 saturated carbocycles. The quantitative estimate of drug-likeness (QED) is 0.619. The van der Waals surface area contributed by atoms with E-state index in [0.29, 0.717) is 5.56 Å². The molecule has 0 aromatic heterocycles. The zero-order valence-electron chi connectivity index (χ0n) is 7.17. The van der Waals surface area contributed by atoms with Gasteiger partial charge in [-0.15, -0.1) is 11.6 Å². The predicted octanol–water partition coefficient (Wildman–Crippen LogP) is 2.99. The Balaban J connectivity index is 3.61. The smallest absolute Gasteiger partial charge is 0.207 e. The molecule has 0 aliphatic rings. The normalized spacial score (nSPS) is 11.1. The molecule has 0 spiro atoms. The number of hydrogen-bond donors (Lipinski definition) is 0. The van der Waals surface area contributed by atoms with Crippen molar-refractivity contribution in [2.75, 3.05) is 0 Å². The Bertz CT molecular complexity index is 536. The van der Waals surface area contributed by atoms with Crippen molar-refractivity contribution in [2.24, 2.45) is 0 Å². The lowest BCUT2D eigenvalue weighted by Gasteiger charge is -2.05. The van der Waals surface area contributed by atoms with E-state index in [2.05, 4.69) is 15.9 Å². The highest BCUT2D eigenvalue weighted by molar-refractivity contribution is 9.10. The molecule has 1 aromatic carbocycles. The lowest BCUT2D eigenvalue weighted by Crippen LogP contribution is -1.98. The van der Waals surface area contributed by atoms with E-state index >= 15 is 0 Å². The van der Waals surface area contributed by atoms with Crippen LogP contribution in [-0.2, 0) is 14.9 Å². The Morgan fingerprint density at radius 3 is 2.47 bits per heavy atom. The van der Waals surface area contributed by atoms with Gasteiger partial charge in [0.1, 0.15) is 11.0 Å². The summed E-state index contributed by atoms with van der Waals surface area (Å²) in [4.78, 5) is -0.222. The van der Waals surface area contributed by atoms with E-state index in [-0.39, 0.29) is 20.8 Å². The van der Waals surface area contributed by atoms with Gasteiger partial charge in [0, 0.05) is 21.0 Å². The van der Waals surface area contributed by atoms with Crippen molar-refractivity contribution < 1.29 is 8.42 Å². The van der Waals surface area contributed by atoms with Crippen LogP contribution in [0.2, 0.25) is 0 Å². The molecule has 80 valence electrons. The van der Waals surface area contributed by atoms with Crippen LogP contribution < -0.4 is 0 Å². The third-order valence-electron chi connectivity index (χ3n) is 1.62. The number of benzene rings is 1. The molecule has 0 bridgehead atoms. The van der Waals surface area contributed by atoms with Gasteiger partial charge in [-0.25, -0.2) is 8.42 Å². The second-order valence-electron chi connectivity index (χ2n) is 2.64. The van der Waals surface area contributed by atoms with Gasteiger partial charge in [-0.2, -0.15) is 5.26 Å². The van der Waals surface area contributed by atoms with Gasteiger partial charge in [0.15, 0.2) is 0 Å². The molecular weight excluding hydrogens is 325 g/mol. The Morgan fingerprint density at radius 2 is 2.07 bits per heavy atom. The Kier molecular flexibility index (Phi) is 4.01. The van der Waals surface area contributed by atoms with Gasteiger partial charge in [0.05, 0.1) is 5.56 Å². The molecule has 0 unspecified atom stereocenters. The van der Waals surface area contributed by atoms with Crippen LogP contribution in [0.25, 0.3) is 0 Å². The molecule has 0 fully saturated rings. The first kappa shape index (κ1) is 12.8. The number of alkyl halides is 1. The standard InChI is InChI=1S/C8H4BrCl2NO2S/c9-7-2-5(3-10)1-6(4-12)8(7)15(11,13)14/h1-2H,3H2. The van der Waals surface area contributed by atoms with Crippen molar-refractivity contribution in [3.05, 3.63) is 27.7 Å². The lowest BCUT2D eigenvalue weighted by atomic mass is 10.1. The summed E-state index contributed by atoms with van der Waals surface area (Å²) in [6.07, 6.45) is 0. The summed E-state index contributed by atoms with van der Waals surface area (Å²) < 4.78 is 22.6. The highest BCUT2D eigenvalue weighted by Gasteiger charge is 2.20.